The van der Waals surface area contributed by atoms with Crippen LogP contribution in [0.3, 0.4) is 0 Å². The molecule has 6 heteroatoms. The highest BCUT2D eigenvalue weighted by atomic mass is 16.4. The predicted molar refractivity (Wildman–Crippen MR) is 80.1 cm³/mol. The number of rotatable bonds is 5. The molecule has 6 nitrogen and oxygen atoms in total. The van der Waals surface area contributed by atoms with Crippen molar-refractivity contribution in [2.75, 3.05) is 32.7 Å². The summed E-state index contributed by atoms with van der Waals surface area (Å²) in [5, 5.41) is 12.1. The monoisotopic (exact) mass is 297 g/mol. The van der Waals surface area contributed by atoms with E-state index in [0.717, 1.165) is 25.9 Å². The van der Waals surface area contributed by atoms with Gasteiger partial charge in [0.15, 0.2) is 0 Å². The van der Waals surface area contributed by atoms with Gasteiger partial charge in [-0.2, -0.15) is 0 Å². The Kier molecular flexibility index (Phi) is 5.99. The summed E-state index contributed by atoms with van der Waals surface area (Å²) in [6, 6.07) is -0.0808. The molecule has 120 valence electrons. The van der Waals surface area contributed by atoms with Crippen LogP contribution in [0.2, 0.25) is 0 Å². The first-order valence-electron chi connectivity index (χ1n) is 8.05. The molecule has 2 N–H and O–H groups in total. The third-order valence-corrected chi connectivity index (χ3v) is 4.65. The Balaban J connectivity index is 1.68. The van der Waals surface area contributed by atoms with Crippen molar-refractivity contribution in [3.63, 3.8) is 0 Å². The predicted octanol–water partition coefficient (Wildman–Crippen LogP) is 0.526. The average Bonchev–Trinajstić information content (AvgIpc) is 2.48. The number of carbonyl (C=O) groups excluding carboxylic acids is 1. The largest absolute Gasteiger partial charge is 0.480 e. The van der Waals surface area contributed by atoms with E-state index in [1.54, 1.807) is 6.92 Å². The van der Waals surface area contributed by atoms with Crippen molar-refractivity contribution in [2.45, 2.75) is 51.1 Å². The lowest BCUT2D eigenvalue weighted by molar-refractivity contribution is -0.143. The molecule has 1 unspecified atom stereocenters. The van der Waals surface area contributed by atoms with Crippen LogP contribution < -0.4 is 5.32 Å². The standard InChI is InChI=1S/C15H27N3O3/c1-12(15(20)21)18-9-7-17(8-10-18)11-14(19)16-13-5-3-2-4-6-13/h12-13H,2-11H2,1H3,(H,16,19)(H,20,21). The number of amides is 1. The van der Waals surface area contributed by atoms with Gasteiger partial charge in [-0.3, -0.25) is 19.4 Å². The Morgan fingerprint density at radius 1 is 1.14 bits per heavy atom. The second-order valence-electron chi connectivity index (χ2n) is 6.23. The summed E-state index contributed by atoms with van der Waals surface area (Å²) in [5.74, 6) is -0.667. The Morgan fingerprint density at radius 2 is 1.76 bits per heavy atom. The van der Waals surface area contributed by atoms with Gasteiger partial charge >= 0.3 is 5.97 Å². The zero-order valence-electron chi connectivity index (χ0n) is 12.9. The van der Waals surface area contributed by atoms with Gasteiger partial charge in [0.05, 0.1) is 6.54 Å². The molecule has 1 amide bonds. The van der Waals surface area contributed by atoms with Crippen molar-refractivity contribution in [1.82, 2.24) is 15.1 Å². The normalized spacial score (nSPS) is 23.7. The van der Waals surface area contributed by atoms with Crippen LogP contribution in [-0.2, 0) is 9.59 Å². The number of carboxylic acid groups (broad SMARTS) is 1. The molecule has 0 aromatic rings. The van der Waals surface area contributed by atoms with Gasteiger partial charge in [-0.1, -0.05) is 19.3 Å². The number of nitrogens with one attached hydrogen (secondary N) is 1. The molecule has 0 spiro atoms. The van der Waals surface area contributed by atoms with Crippen molar-refractivity contribution in [2.24, 2.45) is 0 Å². The van der Waals surface area contributed by atoms with E-state index in [1.807, 2.05) is 4.90 Å². The molecule has 21 heavy (non-hydrogen) atoms. The fourth-order valence-electron chi connectivity index (χ4n) is 3.19. The van der Waals surface area contributed by atoms with E-state index in [1.165, 1.54) is 19.3 Å². The van der Waals surface area contributed by atoms with Crippen LogP contribution >= 0.6 is 0 Å². The summed E-state index contributed by atoms with van der Waals surface area (Å²) in [5.41, 5.74) is 0. The fourth-order valence-corrected chi connectivity index (χ4v) is 3.19. The zero-order valence-corrected chi connectivity index (χ0v) is 12.9. The lowest BCUT2D eigenvalue weighted by Gasteiger charge is -2.36. The zero-order chi connectivity index (χ0) is 15.2. The van der Waals surface area contributed by atoms with Crippen molar-refractivity contribution in [3.8, 4) is 0 Å². The van der Waals surface area contributed by atoms with Gasteiger partial charge in [-0.15, -0.1) is 0 Å². The van der Waals surface area contributed by atoms with Gasteiger partial charge in [0.2, 0.25) is 5.91 Å². The smallest absolute Gasteiger partial charge is 0.320 e. The summed E-state index contributed by atoms with van der Waals surface area (Å²) in [6.07, 6.45) is 5.94. The highest BCUT2D eigenvalue weighted by Crippen LogP contribution is 2.17. The van der Waals surface area contributed by atoms with Gasteiger partial charge in [0.25, 0.3) is 0 Å². The third-order valence-electron chi connectivity index (χ3n) is 4.65. The molecule has 1 saturated heterocycles. The highest BCUT2D eigenvalue weighted by molar-refractivity contribution is 5.78. The maximum absolute atomic E-state index is 12.0. The SMILES string of the molecule is CC(C(=O)O)N1CCN(CC(=O)NC2CCCCC2)CC1. The van der Waals surface area contributed by atoms with Crippen LogP contribution in [0.4, 0.5) is 0 Å². The molecule has 1 aliphatic heterocycles. The van der Waals surface area contributed by atoms with Crippen LogP contribution in [0.5, 0.6) is 0 Å². The summed E-state index contributed by atoms with van der Waals surface area (Å²) >= 11 is 0. The Bertz CT molecular complexity index is 361. The van der Waals surface area contributed by atoms with Crippen LogP contribution in [0.15, 0.2) is 0 Å². The van der Waals surface area contributed by atoms with E-state index in [9.17, 15) is 9.59 Å². The molecule has 1 saturated carbocycles. The van der Waals surface area contributed by atoms with E-state index in [4.69, 9.17) is 5.11 Å². The van der Waals surface area contributed by atoms with Crippen LogP contribution in [0.1, 0.15) is 39.0 Å². The number of piperazine rings is 1. The van der Waals surface area contributed by atoms with Crippen molar-refractivity contribution < 1.29 is 14.7 Å². The minimum atomic E-state index is -0.779. The number of carboxylic acids is 1. The minimum Gasteiger partial charge on any atom is -0.480 e. The molecule has 0 bridgehead atoms. The Morgan fingerprint density at radius 3 is 2.33 bits per heavy atom. The van der Waals surface area contributed by atoms with Gasteiger partial charge in [0, 0.05) is 32.2 Å². The van der Waals surface area contributed by atoms with Gasteiger partial charge in [-0.05, 0) is 19.8 Å². The van der Waals surface area contributed by atoms with E-state index in [0.29, 0.717) is 25.7 Å². The van der Waals surface area contributed by atoms with E-state index in [-0.39, 0.29) is 5.91 Å². The molecule has 2 aliphatic rings. The van der Waals surface area contributed by atoms with Crippen molar-refractivity contribution >= 4 is 11.9 Å². The molecule has 1 heterocycles. The minimum absolute atomic E-state index is 0.113. The summed E-state index contributed by atoms with van der Waals surface area (Å²) in [4.78, 5) is 27.1. The molecule has 2 rings (SSSR count). The second kappa shape index (κ2) is 7.75. The quantitative estimate of drug-likeness (QED) is 0.774. The second-order valence-corrected chi connectivity index (χ2v) is 6.23. The van der Waals surface area contributed by atoms with Gasteiger partial charge in [0.1, 0.15) is 6.04 Å². The number of aliphatic carboxylic acids is 1. The molecular weight excluding hydrogens is 270 g/mol. The molecule has 1 aliphatic carbocycles. The number of hydrogen-bond donors (Lipinski definition) is 2. The molecule has 1 atom stereocenters. The van der Waals surface area contributed by atoms with E-state index >= 15 is 0 Å². The number of hydrogen-bond acceptors (Lipinski definition) is 4. The number of nitrogens with zero attached hydrogens (tertiary/aromatic N) is 2. The van der Waals surface area contributed by atoms with E-state index in [2.05, 4.69) is 10.2 Å². The highest BCUT2D eigenvalue weighted by Gasteiger charge is 2.26. The van der Waals surface area contributed by atoms with Crippen LogP contribution in [-0.4, -0.2) is 71.6 Å². The molecule has 2 fully saturated rings. The maximum Gasteiger partial charge on any atom is 0.320 e. The van der Waals surface area contributed by atoms with Crippen molar-refractivity contribution in [3.05, 3.63) is 0 Å². The summed E-state index contributed by atoms with van der Waals surface area (Å²) < 4.78 is 0. The van der Waals surface area contributed by atoms with Gasteiger partial charge < -0.3 is 10.4 Å². The number of carbonyl (C=O) groups is 2. The molecule has 0 radical (unpaired) electrons. The summed E-state index contributed by atoms with van der Waals surface area (Å²) in [6.45, 7) is 5.10. The molecule has 0 aromatic heterocycles. The van der Waals surface area contributed by atoms with Crippen LogP contribution in [0, 0.1) is 0 Å². The lowest BCUT2D eigenvalue weighted by atomic mass is 9.95. The molecular formula is C15H27N3O3. The van der Waals surface area contributed by atoms with Crippen LogP contribution in [0.25, 0.3) is 0 Å². The Labute approximate surface area is 126 Å². The Hall–Kier alpha value is -1.14. The van der Waals surface area contributed by atoms with E-state index < -0.39 is 12.0 Å². The fraction of sp³-hybridized carbons (Fsp3) is 0.867. The maximum atomic E-state index is 12.0. The average molecular weight is 297 g/mol. The topological polar surface area (TPSA) is 72.9 Å². The molecule has 0 aromatic carbocycles. The van der Waals surface area contributed by atoms with Gasteiger partial charge in [-0.25, -0.2) is 0 Å². The lowest BCUT2D eigenvalue weighted by Crippen LogP contribution is -2.54. The van der Waals surface area contributed by atoms with Crippen molar-refractivity contribution in [1.29, 1.82) is 0 Å². The summed E-state index contributed by atoms with van der Waals surface area (Å²) in [7, 11) is 0. The first-order valence-corrected chi connectivity index (χ1v) is 8.05. The third kappa shape index (κ3) is 4.97. The first-order chi connectivity index (χ1) is 10.1. The first kappa shape index (κ1) is 16.2.